The average molecular weight is 386 g/mol. The summed E-state index contributed by atoms with van der Waals surface area (Å²) in [6.45, 7) is 0.731. The van der Waals surface area contributed by atoms with Gasteiger partial charge in [0.05, 0.1) is 18.4 Å². The van der Waals surface area contributed by atoms with Crippen LogP contribution in [0, 0.1) is 0 Å². The van der Waals surface area contributed by atoms with Gasteiger partial charge in [-0.25, -0.2) is 13.4 Å². The van der Waals surface area contributed by atoms with E-state index in [1.807, 2.05) is 12.1 Å². The van der Waals surface area contributed by atoms with Crippen LogP contribution in [0.15, 0.2) is 24.3 Å². The van der Waals surface area contributed by atoms with Crippen LogP contribution < -0.4 is 5.32 Å². The second kappa shape index (κ2) is 6.79. The van der Waals surface area contributed by atoms with Crippen LogP contribution in [0.2, 0.25) is 5.02 Å². The van der Waals surface area contributed by atoms with Crippen molar-refractivity contribution in [2.24, 2.45) is 0 Å². The lowest BCUT2D eigenvalue weighted by Gasteiger charge is -2.23. The molecule has 1 amide bonds. The molecule has 0 unspecified atom stereocenters. The van der Waals surface area contributed by atoms with Crippen molar-refractivity contribution < 1.29 is 13.2 Å². The molecular weight excluding hydrogens is 370 g/mol. The minimum Gasteiger partial charge on any atom is -0.302 e. The molecule has 0 fully saturated rings. The zero-order chi connectivity index (χ0) is 17.3. The maximum absolute atomic E-state index is 12.2. The maximum atomic E-state index is 12.2. The number of amides is 1. The second-order valence-corrected chi connectivity index (χ2v) is 9.03. The number of halogens is 1. The SMILES string of the molecule is CS(=O)(=O)N1CCc2nc(NC(=O)Cc3ccccc3Cl)sc2C1. The number of nitrogens with one attached hydrogen (secondary N) is 1. The number of benzene rings is 1. The Hall–Kier alpha value is -1.48. The molecule has 1 aliphatic heterocycles. The fourth-order valence-electron chi connectivity index (χ4n) is 2.49. The van der Waals surface area contributed by atoms with Crippen LogP contribution in [0.1, 0.15) is 16.1 Å². The number of hydrogen-bond donors (Lipinski definition) is 1. The molecule has 0 saturated heterocycles. The van der Waals surface area contributed by atoms with Crippen molar-refractivity contribution in [2.45, 2.75) is 19.4 Å². The van der Waals surface area contributed by atoms with Crippen LogP contribution >= 0.6 is 22.9 Å². The second-order valence-electron chi connectivity index (χ2n) is 5.55. The first kappa shape index (κ1) is 17.3. The average Bonchev–Trinajstić information content (AvgIpc) is 2.89. The van der Waals surface area contributed by atoms with Crippen molar-refractivity contribution in [1.82, 2.24) is 9.29 Å². The Morgan fingerprint density at radius 3 is 2.88 bits per heavy atom. The van der Waals surface area contributed by atoms with Gasteiger partial charge in [-0.15, -0.1) is 11.3 Å². The third-order valence-corrected chi connectivity index (χ3v) is 6.34. The van der Waals surface area contributed by atoms with Gasteiger partial charge >= 0.3 is 0 Å². The van der Waals surface area contributed by atoms with Crippen LogP contribution in [-0.2, 0) is 34.2 Å². The summed E-state index contributed by atoms with van der Waals surface area (Å²) < 4.78 is 24.7. The van der Waals surface area contributed by atoms with Gasteiger partial charge in [0.1, 0.15) is 0 Å². The zero-order valence-electron chi connectivity index (χ0n) is 13.0. The molecule has 2 aromatic rings. The lowest BCUT2D eigenvalue weighted by molar-refractivity contribution is -0.115. The van der Waals surface area contributed by atoms with Crippen molar-refractivity contribution in [3.8, 4) is 0 Å². The number of hydrogen-bond acceptors (Lipinski definition) is 5. The van der Waals surface area contributed by atoms with Gasteiger partial charge in [0.25, 0.3) is 0 Å². The first-order chi connectivity index (χ1) is 11.3. The highest BCUT2D eigenvalue weighted by molar-refractivity contribution is 7.88. The predicted molar refractivity (Wildman–Crippen MR) is 94.9 cm³/mol. The summed E-state index contributed by atoms with van der Waals surface area (Å²) >= 11 is 7.37. The first-order valence-corrected chi connectivity index (χ1v) is 10.3. The molecule has 0 atom stereocenters. The number of aromatic nitrogens is 1. The van der Waals surface area contributed by atoms with Crippen LogP contribution in [0.4, 0.5) is 5.13 Å². The molecular formula is C15H16ClN3O3S2. The van der Waals surface area contributed by atoms with Crippen LogP contribution in [0.25, 0.3) is 0 Å². The summed E-state index contributed by atoms with van der Waals surface area (Å²) in [5, 5.41) is 3.81. The van der Waals surface area contributed by atoms with Gasteiger partial charge in [-0.05, 0) is 11.6 Å². The standard InChI is InChI=1S/C15H16ClN3O3S2/c1-24(21,22)19-7-6-12-13(9-19)23-15(17-12)18-14(20)8-10-4-2-3-5-11(10)16/h2-5H,6-9H2,1H3,(H,17,18,20). The van der Waals surface area contributed by atoms with E-state index in [9.17, 15) is 13.2 Å². The van der Waals surface area contributed by atoms with E-state index in [4.69, 9.17) is 11.6 Å². The summed E-state index contributed by atoms with van der Waals surface area (Å²) in [4.78, 5) is 17.4. The third-order valence-electron chi connectivity index (χ3n) is 3.72. The van der Waals surface area contributed by atoms with Crippen molar-refractivity contribution in [2.75, 3.05) is 18.1 Å². The number of thiazole rings is 1. The van der Waals surface area contributed by atoms with E-state index in [0.29, 0.717) is 29.7 Å². The Morgan fingerprint density at radius 1 is 1.42 bits per heavy atom. The monoisotopic (exact) mass is 385 g/mol. The molecule has 2 heterocycles. The lowest BCUT2D eigenvalue weighted by Crippen LogP contribution is -2.34. The number of sulfonamides is 1. The first-order valence-electron chi connectivity index (χ1n) is 7.30. The lowest BCUT2D eigenvalue weighted by atomic mass is 10.1. The molecule has 0 aliphatic carbocycles. The summed E-state index contributed by atoms with van der Waals surface area (Å²) in [7, 11) is -3.22. The highest BCUT2D eigenvalue weighted by Gasteiger charge is 2.26. The van der Waals surface area contributed by atoms with E-state index >= 15 is 0 Å². The number of carbonyl (C=O) groups excluding carboxylic acids is 1. The van der Waals surface area contributed by atoms with E-state index in [1.165, 1.54) is 21.9 Å². The van der Waals surface area contributed by atoms with Crippen LogP contribution in [-0.4, -0.2) is 36.4 Å². The molecule has 9 heteroatoms. The Kier molecular flexibility index (Phi) is 4.91. The van der Waals surface area contributed by atoms with Crippen LogP contribution in [0.3, 0.4) is 0 Å². The van der Waals surface area contributed by atoms with E-state index in [-0.39, 0.29) is 12.3 Å². The number of anilines is 1. The Labute approximate surface area is 149 Å². The fraction of sp³-hybridized carbons (Fsp3) is 0.333. The molecule has 1 aliphatic rings. The van der Waals surface area contributed by atoms with E-state index < -0.39 is 10.0 Å². The molecule has 24 heavy (non-hydrogen) atoms. The molecule has 128 valence electrons. The molecule has 0 spiro atoms. The minimum absolute atomic E-state index is 0.166. The number of rotatable bonds is 4. The van der Waals surface area contributed by atoms with Gasteiger partial charge in [-0.2, -0.15) is 4.31 Å². The van der Waals surface area contributed by atoms with Crippen molar-refractivity contribution in [3.63, 3.8) is 0 Å². The Bertz CT molecular complexity index is 880. The summed E-state index contributed by atoms with van der Waals surface area (Å²) in [6.07, 6.45) is 1.92. The summed E-state index contributed by atoms with van der Waals surface area (Å²) in [6, 6.07) is 7.19. The van der Waals surface area contributed by atoms with Gasteiger partial charge in [0.15, 0.2) is 5.13 Å². The highest BCUT2D eigenvalue weighted by atomic mass is 35.5. The smallest absolute Gasteiger partial charge is 0.230 e. The quantitative estimate of drug-likeness (QED) is 0.875. The zero-order valence-corrected chi connectivity index (χ0v) is 15.3. The summed E-state index contributed by atoms with van der Waals surface area (Å²) in [5.41, 5.74) is 1.61. The van der Waals surface area contributed by atoms with Crippen molar-refractivity contribution in [3.05, 3.63) is 45.4 Å². The molecule has 1 N–H and O–H groups in total. The normalized spacial score (nSPS) is 15.1. The highest BCUT2D eigenvalue weighted by Crippen LogP contribution is 2.29. The largest absolute Gasteiger partial charge is 0.302 e. The molecule has 0 saturated carbocycles. The fourth-order valence-corrected chi connectivity index (χ4v) is 4.60. The molecule has 0 bridgehead atoms. The molecule has 1 aromatic heterocycles. The molecule has 6 nitrogen and oxygen atoms in total. The number of fused-ring (bicyclic) bond motifs is 1. The van der Waals surface area contributed by atoms with E-state index in [2.05, 4.69) is 10.3 Å². The maximum Gasteiger partial charge on any atom is 0.230 e. The minimum atomic E-state index is -3.22. The van der Waals surface area contributed by atoms with Crippen molar-refractivity contribution >= 4 is 44.0 Å². The van der Waals surface area contributed by atoms with E-state index in [1.54, 1.807) is 12.1 Å². The topological polar surface area (TPSA) is 79.4 Å². The van der Waals surface area contributed by atoms with Gasteiger partial charge < -0.3 is 5.32 Å². The van der Waals surface area contributed by atoms with Gasteiger partial charge in [0.2, 0.25) is 15.9 Å². The number of carbonyl (C=O) groups is 1. The Balaban J connectivity index is 1.68. The van der Waals surface area contributed by atoms with Gasteiger partial charge in [0, 0.05) is 29.4 Å². The third kappa shape index (κ3) is 3.94. The molecule has 1 aromatic carbocycles. The van der Waals surface area contributed by atoms with Gasteiger partial charge in [-0.1, -0.05) is 29.8 Å². The summed E-state index contributed by atoms with van der Waals surface area (Å²) in [5.74, 6) is -0.200. The van der Waals surface area contributed by atoms with Crippen LogP contribution in [0.5, 0.6) is 0 Å². The molecule has 0 radical (unpaired) electrons. The predicted octanol–water partition coefficient (Wildman–Crippen LogP) is 2.30. The van der Waals surface area contributed by atoms with Gasteiger partial charge in [-0.3, -0.25) is 4.79 Å². The van der Waals surface area contributed by atoms with Crippen molar-refractivity contribution in [1.29, 1.82) is 0 Å². The Morgan fingerprint density at radius 2 is 2.17 bits per heavy atom. The molecule has 3 rings (SSSR count). The van der Waals surface area contributed by atoms with E-state index in [0.717, 1.165) is 16.1 Å². The number of nitrogens with zero attached hydrogens (tertiary/aromatic N) is 2.